The normalized spacial score (nSPS) is 14.3. The molecule has 0 bridgehead atoms. The van der Waals surface area contributed by atoms with E-state index in [2.05, 4.69) is 16.0 Å². The largest absolute Gasteiger partial charge is 0.480 e. The van der Waals surface area contributed by atoms with Gasteiger partial charge >= 0.3 is 5.97 Å². The van der Waals surface area contributed by atoms with Crippen LogP contribution in [0, 0.1) is 0 Å². The SMILES string of the molecule is CC(N)C(=O)NC(CCC(N)=O)C(=O)NC(CCCCN)C(=O)NC(CCC(N)=O)C(=O)O. The summed E-state index contributed by atoms with van der Waals surface area (Å²) in [6.45, 7) is 1.74. The fourth-order valence-corrected chi connectivity index (χ4v) is 2.71. The van der Waals surface area contributed by atoms with Crippen molar-refractivity contribution in [2.24, 2.45) is 22.9 Å². The number of rotatable bonds is 17. The van der Waals surface area contributed by atoms with Crippen molar-refractivity contribution >= 4 is 35.5 Å². The lowest BCUT2D eigenvalue weighted by atomic mass is 10.0. The van der Waals surface area contributed by atoms with E-state index in [1.807, 2.05) is 0 Å². The molecule has 0 radical (unpaired) electrons. The van der Waals surface area contributed by atoms with Gasteiger partial charge in [0.05, 0.1) is 6.04 Å². The first kappa shape index (κ1) is 29.7. The molecule has 33 heavy (non-hydrogen) atoms. The molecule has 0 aliphatic carbocycles. The maximum atomic E-state index is 12.8. The van der Waals surface area contributed by atoms with E-state index in [1.165, 1.54) is 6.92 Å². The minimum absolute atomic E-state index is 0.126. The number of aliphatic carboxylic acids is 1. The summed E-state index contributed by atoms with van der Waals surface area (Å²) in [6, 6.07) is -4.70. The van der Waals surface area contributed by atoms with Crippen molar-refractivity contribution < 1.29 is 33.9 Å². The molecule has 14 nitrogen and oxygen atoms in total. The molecular formula is C19H35N7O7. The highest BCUT2D eigenvalue weighted by molar-refractivity contribution is 5.94. The summed E-state index contributed by atoms with van der Waals surface area (Å²) in [5.74, 6) is -5.03. The standard InChI is InChI=1S/C19H35N7O7/c1-10(21)16(29)24-12(5-7-14(22)27)18(31)25-11(4-2-3-9-20)17(30)26-13(19(32)33)6-8-15(23)28/h10-13H,2-9,20-21H2,1H3,(H2,22,27)(H2,23,28)(H,24,29)(H,25,31)(H,26,30)(H,32,33). The van der Waals surface area contributed by atoms with Crippen LogP contribution >= 0.6 is 0 Å². The molecule has 0 aromatic heterocycles. The number of carbonyl (C=O) groups excluding carboxylic acids is 5. The van der Waals surface area contributed by atoms with Crippen molar-refractivity contribution in [1.82, 2.24) is 16.0 Å². The molecule has 0 saturated heterocycles. The molecule has 4 atom stereocenters. The zero-order chi connectivity index (χ0) is 25.6. The summed E-state index contributed by atoms with van der Waals surface area (Å²) in [7, 11) is 0. The highest BCUT2D eigenvalue weighted by Crippen LogP contribution is 2.06. The number of carbonyl (C=O) groups is 6. The van der Waals surface area contributed by atoms with Crippen LogP contribution in [-0.2, 0) is 28.8 Å². The predicted octanol–water partition coefficient (Wildman–Crippen LogP) is -3.47. The Bertz CT molecular complexity index is 715. The minimum atomic E-state index is -1.40. The molecule has 0 spiro atoms. The Morgan fingerprint density at radius 3 is 1.58 bits per heavy atom. The Hall–Kier alpha value is -3.26. The van der Waals surface area contributed by atoms with Gasteiger partial charge in [0.25, 0.3) is 0 Å². The molecule has 0 fully saturated rings. The third-order valence-corrected chi connectivity index (χ3v) is 4.60. The van der Waals surface area contributed by atoms with Crippen LogP contribution in [0.4, 0.5) is 0 Å². The Labute approximate surface area is 191 Å². The summed E-state index contributed by atoms with van der Waals surface area (Å²) in [5, 5.41) is 16.4. The average Bonchev–Trinajstić information content (AvgIpc) is 2.72. The van der Waals surface area contributed by atoms with Gasteiger partial charge in [0.2, 0.25) is 29.5 Å². The molecule has 4 unspecified atom stereocenters. The topological polar surface area (TPSA) is 263 Å². The smallest absolute Gasteiger partial charge is 0.326 e. The van der Waals surface area contributed by atoms with Crippen molar-refractivity contribution in [1.29, 1.82) is 0 Å². The number of nitrogens with two attached hydrogens (primary N) is 4. The quantitative estimate of drug-likeness (QED) is 0.0974. The van der Waals surface area contributed by atoms with Crippen LogP contribution in [0.2, 0.25) is 0 Å². The number of nitrogens with one attached hydrogen (secondary N) is 3. The Morgan fingerprint density at radius 2 is 1.15 bits per heavy atom. The summed E-state index contributed by atoms with van der Waals surface area (Å²) < 4.78 is 0. The van der Waals surface area contributed by atoms with Gasteiger partial charge in [0.1, 0.15) is 18.1 Å². The molecule has 14 heteroatoms. The van der Waals surface area contributed by atoms with E-state index >= 15 is 0 Å². The highest BCUT2D eigenvalue weighted by Gasteiger charge is 2.30. The lowest BCUT2D eigenvalue weighted by molar-refractivity contribution is -0.142. The number of carboxylic acid groups (broad SMARTS) is 1. The number of hydrogen-bond acceptors (Lipinski definition) is 8. The number of amides is 5. The number of unbranched alkanes of at least 4 members (excludes halogenated alkanes) is 1. The van der Waals surface area contributed by atoms with Crippen LogP contribution in [0.5, 0.6) is 0 Å². The van der Waals surface area contributed by atoms with E-state index in [0.717, 1.165) is 0 Å². The zero-order valence-electron chi connectivity index (χ0n) is 18.7. The number of primary amides is 2. The van der Waals surface area contributed by atoms with E-state index in [9.17, 15) is 33.9 Å². The van der Waals surface area contributed by atoms with Crippen LogP contribution in [0.1, 0.15) is 51.9 Å². The van der Waals surface area contributed by atoms with Crippen LogP contribution in [0.25, 0.3) is 0 Å². The maximum Gasteiger partial charge on any atom is 0.326 e. The van der Waals surface area contributed by atoms with Gasteiger partial charge in [-0.25, -0.2) is 4.79 Å². The van der Waals surface area contributed by atoms with E-state index in [4.69, 9.17) is 22.9 Å². The van der Waals surface area contributed by atoms with Crippen molar-refractivity contribution in [3.8, 4) is 0 Å². The molecule has 0 heterocycles. The average molecular weight is 474 g/mol. The summed E-state index contributed by atoms with van der Waals surface area (Å²) in [4.78, 5) is 71.0. The van der Waals surface area contributed by atoms with E-state index < -0.39 is 59.7 Å². The van der Waals surface area contributed by atoms with Crippen LogP contribution < -0.4 is 38.9 Å². The maximum absolute atomic E-state index is 12.8. The molecule has 188 valence electrons. The second-order valence-electron chi connectivity index (χ2n) is 7.60. The van der Waals surface area contributed by atoms with Crippen molar-refractivity contribution in [2.45, 2.75) is 76.0 Å². The molecule has 0 saturated carbocycles. The first-order valence-corrected chi connectivity index (χ1v) is 10.5. The molecular weight excluding hydrogens is 438 g/mol. The molecule has 0 aliphatic heterocycles. The number of carboxylic acids is 1. The predicted molar refractivity (Wildman–Crippen MR) is 117 cm³/mol. The van der Waals surface area contributed by atoms with Crippen LogP contribution in [0.15, 0.2) is 0 Å². The second kappa shape index (κ2) is 15.5. The highest BCUT2D eigenvalue weighted by atomic mass is 16.4. The summed E-state index contributed by atoms with van der Waals surface area (Å²) in [6.07, 6.45) is 0.261. The first-order valence-electron chi connectivity index (χ1n) is 10.5. The van der Waals surface area contributed by atoms with Gasteiger partial charge in [-0.2, -0.15) is 0 Å². The Balaban J connectivity index is 5.48. The second-order valence-corrected chi connectivity index (χ2v) is 7.60. The van der Waals surface area contributed by atoms with E-state index in [0.29, 0.717) is 19.4 Å². The molecule has 0 rings (SSSR count). The molecule has 12 N–H and O–H groups in total. The van der Waals surface area contributed by atoms with Gasteiger partial charge in [0.15, 0.2) is 0 Å². The van der Waals surface area contributed by atoms with Gasteiger partial charge in [-0.3, -0.25) is 24.0 Å². The van der Waals surface area contributed by atoms with Gasteiger partial charge in [-0.05, 0) is 45.6 Å². The van der Waals surface area contributed by atoms with Gasteiger partial charge in [-0.15, -0.1) is 0 Å². The minimum Gasteiger partial charge on any atom is -0.480 e. The molecule has 0 aliphatic rings. The summed E-state index contributed by atoms with van der Waals surface area (Å²) in [5.41, 5.74) is 21.1. The van der Waals surface area contributed by atoms with Gasteiger partial charge in [-0.1, -0.05) is 0 Å². The van der Waals surface area contributed by atoms with Gasteiger partial charge in [0, 0.05) is 12.8 Å². The third-order valence-electron chi connectivity index (χ3n) is 4.60. The fraction of sp³-hybridized carbons (Fsp3) is 0.684. The molecule has 5 amide bonds. The fourth-order valence-electron chi connectivity index (χ4n) is 2.71. The monoisotopic (exact) mass is 473 g/mol. The van der Waals surface area contributed by atoms with Gasteiger partial charge < -0.3 is 44.0 Å². The van der Waals surface area contributed by atoms with Crippen LogP contribution in [0.3, 0.4) is 0 Å². The Morgan fingerprint density at radius 1 is 0.727 bits per heavy atom. The third kappa shape index (κ3) is 13.0. The van der Waals surface area contributed by atoms with Crippen LogP contribution in [-0.4, -0.2) is 71.3 Å². The Kier molecular flexibility index (Phi) is 14.0. The van der Waals surface area contributed by atoms with Crippen molar-refractivity contribution in [2.75, 3.05) is 6.54 Å². The zero-order valence-corrected chi connectivity index (χ0v) is 18.7. The number of hydrogen-bond donors (Lipinski definition) is 8. The molecule has 0 aromatic rings. The first-order chi connectivity index (χ1) is 15.4. The lowest BCUT2D eigenvalue weighted by Gasteiger charge is -2.25. The molecule has 0 aromatic carbocycles. The van der Waals surface area contributed by atoms with Crippen molar-refractivity contribution in [3.63, 3.8) is 0 Å². The van der Waals surface area contributed by atoms with Crippen molar-refractivity contribution in [3.05, 3.63) is 0 Å². The van der Waals surface area contributed by atoms with E-state index in [-0.39, 0.29) is 32.1 Å². The van der Waals surface area contributed by atoms with E-state index in [1.54, 1.807) is 0 Å². The lowest BCUT2D eigenvalue weighted by Crippen LogP contribution is -2.57. The summed E-state index contributed by atoms with van der Waals surface area (Å²) >= 11 is 0.